The first-order chi connectivity index (χ1) is 10.0. The topological polar surface area (TPSA) is 68.8 Å². The highest BCUT2D eigenvalue weighted by molar-refractivity contribution is 9.10. The van der Waals surface area contributed by atoms with Crippen molar-refractivity contribution < 1.29 is 0 Å². The van der Waals surface area contributed by atoms with E-state index in [2.05, 4.69) is 64.3 Å². The zero-order chi connectivity index (χ0) is 15.4. The number of rotatable bonds is 6. The molecule has 0 saturated heterocycles. The fourth-order valence-electron chi connectivity index (χ4n) is 2.28. The lowest BCUT2D eigenvalue weighted by atomic mass is 10.0. The van der Waals surface area contributed by atoms with Crippen LogP contribution in [0.5, 0.6) is 0 Å². The Labute approximate surface area is 134 Å². The predicted molar refractivity (Wildman–Crippen MR) is 87.5 cm³/mol. The van der Waals surface area contributed by atoms with Gasteiger partial charge in [-0.25, -0.2) is 9.67 Å². The van der Waals surface area contributed by atoms with Gasteiger partial charge in [0.15, 0.2) is 0 Å². The van der Waals surface area contributed by atoms with Gasteiger partial charge in [0.2, 0.25) is 0 Å². The van der Waals surface area contributed by atoms with E-state index in [0.717, 1.165) is 22.4 Å². The molecule has 6 heteroatoms. The van der Waals surface area contributed by atoms with E-state index in [4.69, 9.17) is 5.84 Å². The van der Waals surface area contributed by atoms with Crippen LogP contribution in [-0.4, -0.2) is 14.8 Å². The van der Waals surface area contributed by atoms with Crippen molar-refractivity contribution in [3.63, 3.8) is 0 Å². The van der Waals surface area contributed by atoms with Crippen molar-refractivity contribution in [2.24, 2.45) is 11.8 Å². The lowest BCUT2D eigenvalue weighted by Crippen LogP contribution is -2.30. The van der Waals surface area contributed by atoms with Crippen LogP contribution in [0, 0.1) is 12.8 Å². The number of nitrogens with two attached hydrogens (primary N) is 1. The molecule has 0 amide bonds. The SMILES string of the molecule is Cc1cc(C(Cc2ncnn2CC(C)C)NN)ccc1Br. The van der Waals surface area contributed by atoms with Crippen molar-refractivity contribution in [3.05, 3.63) is 46.0 Å². The van der Waals surface area contributed by atoms with Gasteiger partial charge in [0.1, 0.15) is 12.2 Å². The van der Waals surface area contributed by atoms with E-state index in [1.165, 1.54) is 5.56 Å². The Morgan fingerprint density at radius 3 is 2.76 bits per heavy atom. The molecule has 5 nitrogen and oxygen atoms in total. The molecule has 0 fully saturated rings. The molecule has 0 aliphatic carbocycles. The van der Waals surface area contributed by atoms with Crippen molar-refractivity contribution in [1.82, 2.24) is 20.2 Å². The first-order valence-electron chi connectivity index (χ1n) is 7.10. The van der Waals surface area contributed by atoms with Gasteiger partial charge in [-0.15, -0.1) is 0 Å². The van der Waals surface area contributed by atoms with Crippen LogP contribution in [0.15, 0.2) is 29.0 Å². The lowest BCUT2D eigenvalue weighted by molar-refractivity contribution is 0.446. The summed E-state index contributed by atoms with van der Waals surface area (Å²) in [5.41, 5.74) is 5.23. The van der Waals surface area contributed by atoms with Crippen LogP contribution < -0.4 is 11.3 Å². The number of nitrogens with one attached hydrogen (secondary N) is 1. The van der Waals surface area contributed by atoms with E-state index in [1.54, 1.807) is 6.33 Å². The smallest absolute Gasteiger partial charge is 0.138 e. The van der Waals surface area contributed by atoms with Crippen LogP contribution in [0.1, 0.15) is 36.8 Å². The number of aromatic nitrogens is 3. The third kappa shape index (κ3) is 4.12. The standard InChI is InChI=1S/C15H22BrN5/c1-10(2)8-21-15(18-9-19-21)7-14(20-17)12-4-5-13(16)11(3)6-12/h4-6,9-10,14,20H,7-8,17H2,1-3H3. The van der Waals surface area contributed by atoms with Crippen molar-refractivity contribution in [2.75, 3.05) is 0 Å². The average Bonchev–Trinajstić information content (AvgIpc) is 2.85. The van der Waals surface area contributed by atoms with Gasteiger partial charge in [-0.3, -0.25) is 11.3 Å². The number of nitrogens with zero attached hydrogens (tertiary/aromatic N) is 3. The molecule has 1 aromatic heterocycles. The average molecular weight is 352 g/mol. The molecule has 3 N–H and O–H groups in total. The highest BCUT2D eigenvalue weighted by Crippen LogP contribution is 2.23. The molecular weight excluding hydrogens is 330 g/mol. The maximum Gasteiger partial charge on any atom is 0.138 e. The maximum absolute atomic E-state index is 5.74. The van der Waals surface area contributed by atoms with Crippen molar-refractivity contribution in [1.29, 1.82) is 0 Å². The fraction of sp³-hybridized carbons (Fsp3) is 0.467. The molecule has 1 heterocycles. The summed E-state index contributed by atoms with van der Waals surface area (Å²) in [6, 6.07) is 6.28. The Morgan fingerprint density at radius 2 is 2.14 bits per heavy atom. The summed E-state index contributed by atoms with van der Waals surface area (Å²) in [5, 5.41) is 4.30. The van der Waals surface area contributed by atoms with Gasteiger partial charge in [0.25, 0.3) is 0 Å². The normalized spacial score (nSPS) is 12.9. The number of hydrogen-bond acceptors (Lipinski definition) is 4. The number of hydrazine groups is 1. The molecule has 0 aliphatic rings. The van der Waals surface area contributed by atoms with Crippen molar-refractivity contribution >= 4 is 15.9 Å². The van der Waals surface area contributed by atoms with Gasteiger partial charge in [-0.05, 0) is 30.0 Å². The minimum Gasteiger partial charge on any atom is -0.271 e. The van der Waals surface area contributed by atoms with Crippen LogP contribution >= 0.6 is 15.9 Å². The third-order valence-electron chi connectivity index (χ3n) is 3.41. The summed E-state index contributed by atoms with van der Waals surface area (Å²) < 4.78 is 3.06. The molecule has 0 bridgehead atoms. The number of hydrogen-bond donors (Lipinski definition) is 2. The van der Waals surface area contributed by atoms with Gasteiger partial charge in [-0.1, -0.05) is 41.9 Å². The van der Waals surface area contributed by atoms with E-state index < -0.39 is 0 Å². The molecule has 114 valence electrons. The van der Waals surface area contributed by atoms with Crippen LogP contribution in [0.25, 0.3) is 0 Å². The number of aryl methyl sites for hydroxylation is 1. The molecule has 1 unspecified atom stereocenters. The van der Waals surface area contributed by atoms with Crippen molar-refractivity contribution in [2.45, 2.75) is 39.8 Å². The Morgan fingerprint density at radius 1 is 1.38 bits per heavy atom. The molecule has 1 aromatic carbocycles. The second-order valence-electron chi connectivity index (χ2n) is 5.68. The zero-order valence-electron chi connectivity index (χ0n) is 12.7. The second-order valence-corrected chi connectivity index (χ2v) is 6.54. The van der Waals surface area contributed by atoms with E-state index in [1.807, 2.05) is 10.7 Å². The third-order valence-corrected chi connectivity index (χ3v) is 4.30. The minimum atomic E-state index is 0.0203. The van der Waals surface area contributed by atoms with Crippen LogP contribution in [0.3, 0.4) is 0 Å². The molecule has 0 aliphatic heterocycles. The quantitative estimate of drug-likeness (QED) is 0.620. The summed E-state index contributed by atoms with van der Waals surface area (Å²) in [6.45, 7) is 7.28. The highest BCUT2D eigenvalue weighted by atomic mass is 79.9. The fourth-order valence-corrected chi connectivity index (χ4v) is 2.53. The molecule has 0 spiro atoms. The van der Waals surface area contributed by atoms with E-state index in [0.29, 0.717) is 12.3 Å². The van der Waals surface area contributed by atoms with Gasteiger partial charge in [-0.2, -0.15) is 5.10 Å². The zero-order valence-corrected chi connectivity index (χ0v) is 14.3. The van der Waals surface area contributed by atoms with E-state index in [9.17, 15) is 0 Å². The molecule has 0 saturated carbocycles. The summed E-state index contributed by atoms with van der Waals surface area (Å²) in [7, 11) is 0. The van der Waals surface area contributed by atoms with Gasteiger partial charge >= 0.3 is 0 Å². The summed E-state index contributed by atoms with van der Waals surface area (Å²) >= 11 is 3.52. The lowest BCUT2D eigenvalue weighted by Gasteiger charge is -2.18. The molecular formula is C15H22BrN5. The molecule has 2 rings (SSSR count). The summed E-state index contributed by atoms with van der Waals surface area (Å²) in [6.07, 6.45) is 2.32. The Hall–Kier alpha value is -1.24. The van der Waals surface area contributed by atoms with E-state index >= 15 is 0 Å². The molecule has 0 radical (unpaired) electrons. The summed E-state index contributed by atoms with van der Waals surface area (Å²) in [5.74, 6) is 7.22. The molecule has 1 atom stereocenters. The van der Waals surface area contributed by atoms with Crippen LogP contribution in [0.4, 0.5) is 0 Å². The first-order valence-corrected chi connectivity index (χ1v) is 7.89. The van der Waals surface area contributed by atoms with E-state index in [-0.39, 0.29) is 6.04 Å². The largest absolute Gasteiger partial charge is 0.271 e. The number of benzene rings is 1. The molecule has 21 heavy (non-hydrogen) atoms. The minimum absolute atomic E-state index is 0.0203. The van der Waals surface area contributed by atoms with Gasteiger partial charge in [0.05, 0.1) is 6.04 Å². The molecule has 2 aromatic rings. The van der Waals surface area contributed by atoms with Gasteiger partial charge < -0.3 is 0 Å². The van der Waals surface area contributed by atoms with Crippen LogP contribution in [-0.2, 0) is 13.0 Å². The monoisotopic (exact) mass is 351 g/mol. The second kappa shape index (κ2) is 7.15. The van der Waals surface area contributed by atoms with Gasteiger partial charge in [0, 0.05) is 17.4 Å². The first kappa shape index (κ1) is 16.1. The maximum atomic E-state index is 5.74. The summed E-state index contributed by atoms with van der Waals surface area (Å²) in [4.78, 5) is 4.37. The Kier molecular flexibility index (Phi) is 5.50. The van der Waals surface area contributed by atoms with Crippen LogP contribution in [0.2, 0.25) is 0 Å². The Bertz CT molecular complexity index is 593. The number of halogens is 1. The highest BCUT2D eigenvalue weighted by Gasteiger charge is 2.16. The van der Waals surface area contributed by atoms with Crippen molar-refractivity contribution in [3.8, 4) is 0 Å². The predicted octanol–water partition coefficient (Wildman–Crippen LogP) is 2.75. The Balaban J connectivity index is 2.19.